The normalized spacial score (nSPS) is 24.2. The van der Waals surface area contributed by atoms with Crippen molar-refractivity contribution in [2.24, 2.45) is 0 Å². The second-order valence-electron chi connectivity index (χ2n) is 8.36. The lowest BCUT2D eigenvalue weighted by atomic mass is 9.99. The largest absolute Gasteiger partial charge is 0.489 e. The molecule has 0 spiro atoms. The van der Waals surface area contributed by atoms with Crippen LogP contribution in [-0.4, -0.2) is 67.9 Å². The molecule has 0 unspecified atom stereocenters. The summed E-state index contributed by atoms with van der Waals surface area (Å²) in [6.07, 6.45) is -13.5. The van der Waals surface area contributed by atoms with Crippen LogP contribution in [0.4, 0.5) is 13.2 Å². The molecule has 4 rings (SSSR count). The highest BCUT2D eigenvalue weighted by Gasteiger charge is 2.46. The summed E-state index contributed by atoms with van der Waals surface area (Å²) >= 11 is 6.17. The van der Waals surface area contributed by atoms with Gasteiger partial charge in [-0.15, -0.1) is 5.10 Å². The Morgan fingerprint density at radius 3 is 2.32 bits per heavy atom. The number of nitrogens with zero attached hydrogens (tertiary/aromatic N) is 1. The summed E-state index contributed by atoms with van der Waals surface area (Å²) < 4.78 is 57.9. The van der Waals surface area contributed by atoms with E-state index in [0.717, 1.165) is 0 Å². The zero-order valence-corrected chi connectivity index (χ0v) is 19.9. The molecule has 2 heterocycles. The average molecular weight is 545 g/mol. The summed E-state index contributed by atoms with van der Waals surface area (Å²) in [5, 5.41) is 45.5. The molecule has 0 radical (unpaired) electrons. The van der Waals surface area contributed by atoms with Crippen molar-refractivity contribution in [3.8, 4) is 11.6 Å². The fraction of sp³-hybridized carbons (Fsp3) is 0.375. The number of benzene rings is 2. The number of para-hydroxylation sites is 1. The monoisotopic (exact) mass is 544 g/mol. The van der Waals surface area contributed by atoms with Gasteiger partial charge in [0.2, 0.25) is 12.2 Å². The third-order valence-electron chi connectivity index (χ3n) is 5.87. The first-order valence-corrected chi connectivity index (χ1v) is 11.5. The van der Waals surface area contributed by atoms with Crippen molar-refractivity contribution in [3.05, 3.63) is 75.9 Å². The van der Waals surface area contributed by atoms with Crippen LogP contribution in [0.2, 0.25) is 5.02 Å². The van der Waals surface area contributed by atoms with E-state index in [0.29, 0.717) is 21.9 Å². The lowest BCUT2D eigenvalue weighted by Gasteiger charge is -2.39. The third kappa shape index (κ3) is 6.00. The van der Waals surface area contributed by atoms with Gasteiger partial charge in [0.1, 0.15) is 42.5 Å². The number of halogens is 4. The van der Waals surface area contributed by atoms with Crippen LogP contribution in [0.1, 0.15) is 22.4 Å². The van der Waals surface area contributed by atoms with Gasteiger partial charge in [-0.25, -0.2) is 0 Å². The van der Waals surface area contributed by atoms with Gasteiger partial charge in [0.15, 0.2) is 0 Å². The number of aromatic nitrogens is 2. The van der Waals surface area contributed by atoms with Gasteiger partial charge in [0, 0.05) is 17.0 Å². The van der Waals surface area contributed by atoms with Crippen LogP contribution in [0.25, 0.3) is 0 Å². The smallest absolute Gasteiger partial charge is 0.433 e. The molecule has 1 saturated heterocycles. The van der Waals surface area contributed by atoms with E-state index >= 15 is 0 Å². The highest BCUT2D eigenvalue weighted by Crippen LogP contribution is 2.38. The first-order chi connectivity index (χ1) is 17.6. The second-order valence-corrected chi connectivity index (χ2v) is 8.77. The number of rotatable bonds is 8. The van der Waals surface area contributed by atoms with Crippen LogP contribution in [0.3, 0.4) is 0 Å². The highest BCUT2D eigenvalue weighted by atomic mass is 35.5. The number of alkyl halides is 3. The number of hydrogen-bond acceptors (Lipinski definition) is 8. The number of nitrogens with one attached hydrogen (secondary N) is 1. The summed E-state index contributed by atoms with van der Waals surface area (Å²) in [6, 6.07) is 13.4. The maximum Gasteiger partial charge on any atom is 0.433 e. The molecule has 3 aromatic rings. The van der Waals surface area contributed by atoms with Crippen molar-refractivity contribution in [2.75, 3.05) is 6.61 Å². The molecule has 0 aliphatic carbocycles. The summed E-state index contributed by atoms with van der Waals surface area (Å²) in [7, 11) is 0. The van der Waals surface area contributed by atoms with E-state index in [-0.39, 0.29) is 13.0 Å². The van der Waals surface area contributed by atoms with Crippen molar-refractivity contribution < 1.29 is 47.8 Å². The first kappa shape index (κ1) is 27.2. The molecule has 0 bridgehead atoms. The number of hydrogen-bond donors (Lipinski definition) is 5. The van der Waals surface area contributed by atoms with Gasteiger partial charge in [-0.1, -0.05) is 48.0 Å². The molecule has 1 fully saturated rings. The molecule has 5 N–H and O–H groups in total. The van der Waals surface area contributed by atoms with Crippen molar-refractivity contribution >= 4 is 11.6 Å². The van der Waals surface area contributed by atoms with E-state index < -0.39 is 60.6 Å². The predicted molar refractivity (Wildman–Crippen MR) is 123 cm³/mol. The highest BCUT2D eigenvalue weighted by molar-refractivity contribution is 6.31. The summed E-state index contributed by atoms with van der Waals surface area (Å²) in [6.45, 7) is -0.662. The zero-order valence-electron chi connectivity index (χ0n) is 19.1. The molecular weight excluding hydrogens is 521 g/mol. The molecule has 1 aliphatic rings. The van der Waals surface area contributed by atoms with E-state index in [1.807, 2.05) is 5.10 Å². The van der Waals surface area contributed by atoms with Crippen molar-refractivity contribution in [2.45, 2.75) is 49.9 Å². The van der Waals surface area contributed by atoms with Crippen molar-refractivity contribution in [1.82, 2.24) is 10.2 Å². The van der Waals surface area contributed by atoms with Gasteiger partial charge < -0.3 is 34.6 Å². The predicted octanol–water partition coefficient (Wildman–Crippen LogP) is 2.43. The molecule has 200 valence electrons. The fourth-order valence-electron chi connectivity index (χ4n) is 3.87. The summed E-state index contributed by atoms with van der Waals surface area (Å²) in [5.41, 5.74) is -0.531. The van der Waals surface area contributed by atoms with Gasteiger partial charge in [0.05, 0.1) is 12.2 Å². The van der Waals surface area contributed by atoms with Gasteiger partial charge in [-0.3, -0.25) is 5.10 Å². The van der Waals surface area contributed by atoms with Gasteiger partial charge in [0.25, 0.3) is 0 Å². The molecule has 5 atom stereocenters. The quantitative estimate of drug-likeness (QED) is 0.292. The Balaban J connectivity index is 1.62. The lowest BCUT2D eigenvalue weighted by Crippen LogP contribution is -2.60. The minimum Gasteiger partial charge on any atom is -0.489 e. The molecule has 37 heavy (non-hydrogen) atoms. The van der Waals surface area contributed by atoms with E-state index in [1.54, 1.807) is 48.5 Å². The topological polar surface area (TPSA) is 137 Å². The minimum absolute atomic E-state index is 0.0719. The molecule has 13 heteroatoms. The number of aromatic amines is 1. The number of aliphatic hydroxyl groups is 4. The van der Waals surface area contributed by atoms with Crippen molar-refractivity contribution in [3.63, 3.8) is 0 Å². The Hall–Kier alpha value is -2.87. The number of ether oxygens (including phenoxy) is 3. The minimum atomic E-state index is -4.83. The Bertz CT molecular complexity index is 1210. The van der Waals surface area contributed by atoms with Crippen LogP contribution in [0, 0.1) is 0 Å². The molecular formula is C24H24ClF3N2O7. The number of aliphatic hydroxyl groups excluding tert-OH is 4. The molecule has 0 saturated carbocycles. The van der Waals surface area contributed by atoms with Crippen LogP contribution in [0.5, 0.6) is 11.6 Å². The fourth-order valence-corrected chi connectivity index (χ4v) is 4.06. The van der Waals surface area contributed by atoms with Crippen molar-refractivity contribution in [1.29, 1.82) is 0 Å². The Labute approximate surface area is 214 Å². The Morgan fingerprint density at radius 1 is 0.973 bits per heavy atom. The van der Waals surface area contributed by atoms with Gasteiger partial charge in [-0.2, -0.15) is 13.2 Å². The maximum absolute atomic E-state index is 13.8. The van der Waals surface area contributed by atoms with Gasteiger partial charge in [-0.05, 0) is 17.7 Å². The van der Waals surface area contributed by atoms with E-state index in [2.05, 4.69) is 5.10 Å². The standard InChI is InChI=1S/C24H24ClF3N2O7/c25-15-7-3-1-6-13(15)11-35-16-8-4-2-5-12(16)9-14-21(24(26,27)28)29-30-22(14)37-23-20(34)19(33)18(32)17(10-31)36-23/h1-8,17-20,23,31-34H,9-11H2,(H,29,30)/t17-,18-,19+,20-,23+/m1/s1. The lowest BCUT2D eigenvalue weighted by molar-refractivity contribution is -0.278. The second kappa shape index (κ2) is 11.3. The average Bonchev–Trinajstić information content (AvgIpc) is 3.27. The van der Waals surface area contributed by atoms with E-state index in [4.69, 9.17) is 25.8 Å². The Kier molecular flexibility index (Phi) is 8.26. The SMILES string of the molecule is OC[C@H]1O[C@@H](Oc2n[nH]c(C(F)(F)F)c2Cc2ccccc2OCc2ccccc2Cl)[C@H](O)[C@@H](O)[C@@H]1O. The molecule has 9 nitrogen and oxygen atoms in total. The molecule has 1 aromatic heterocycles. The third-order valence-corrected chi connectivity index (χ3v) is 6.24. The van der Waals surface area contributed by atoms with Crippen LogP contribution < -0.4 is 9.47 Å². The first-order valence-electron chi connectivity index (χ1n) is 11.2. The summed E-state index contributed by atoms with van der Waals surface area (Å²) in [5.74, 6) is -0.243. The zero-order chi connectivity index (χ0) is 26.7. The maximum atomic E-state index is 13.8. The molecule has 2 aromatic carbocycles. The van der Waals surface area contributed by atoms with Crippen LogP contribution in [-0.2, 0) is 23.9 Å². The van der Waals surface area contributed by atoms with Crippen LogP contribution in [0.15, 0.2) is 48.5 Å². The van der Waals surface area contributed by atoms with Gasteiger partial charge >= 0.3 is 6.18 Å². The molecule has 1 aliphatic heterocycles. The molecule has 0 amide bonds. The van der Waals surface area contributed by atoms with Crippen LogP contribution >= 0.6 is 11.6 Å². The van der Waals surface area contributed by atoms with E-state index in [1.165, 1.54) is 0 Å². The number of H-pyrrole nitrogens is 1. The Morgan fingerprint density at radius 2 is 1.65 bits per heavy atom. The van der Waals surface area contributed by atoms with E-state index in [9.17, 15) is 33.6 Å². The summed E-state index contributed by atoms with van der Waals surface area (Å²) in [4.78, 5) is 0.